The van der Waals surface area contributed by atoms with Crippen LogP contribution in [0.25, 0.3) is 0 Å². The van der Waals surface area contributed by atoms with E-state index in [0.29, 0.717) is 18.5 Å². The van der Waals surface area contributed by atoms with E-state index in [2.05, 4.69) is 0 Å². The predicted molar refractivity (Wildman–Crippen MR) is 62.9 cm³/mol. The van der Waals surface area contributed by atoms with Crippen LogP contribution in [0.4, 0.5) is 0 Å². The molecule has 1 amide bonds. The van der Waals surface area contributed by atoms with E-state index in [9.17, 15) is 9.59 Å². The van der Waals surface area contributed by atoms with Crippen LogP contribution in [-0.4, -0.2) is 34.5 Å². The molecule has 1 aromatic rings. The molecule has 0 radical (unpaired) electrons. The topological polar surface area (TPSA) is 57.6 Å². The molecule has 90 valence electrons. The van der Waals surface area contributed by atoms with Gasteiger partial charge in [0.2, 0.25) is 0 Å². The Balaban J connectivity index is 2.19. The van der Waals surface area contributed by atoms with E-state index >= 15 is 0 Å². The van der Waals surface area contributed by atoms with Crippen molar-refractivity contribution < 1.29 is 14.7 Å². The van der Waals surface area contributed by atoms with Crippen molar-refractivity contribution in [3.63, 3.8) is 0 Å². The molecule has 4 heteroatoms. The van der Waals surface area contributed by atoms with Crippen LogP contribution in [0.15, 0.2) is 24.3 Å². The Bertz CT molecular complexity index is 438. The number of hydrogen-bond acceptors (Lipinski definition) is 2. The number of likely N-dealkylation sites (tertiary alicyclic amines) is 1. The van der Waals surface area contributed by atoms with Crippen LogP contribution in [0, 0.1) is 6.92 Å². The van der Waals surface area contributed by atoms with Crippen LogP contribution >= 0.6 is 0 Å². The SMILES string of the molecule is Cc1ccc(C(=O)N2CCC[C@H]2C(=O)O)cc1. The summed E-state index contributed by atoms with van der Waals surface area (Å²) in [5.41, 5.74) is 1.64. The molecule has 0 aromatic heterocycles. The normalized spacial score (nSPS) is 19.4. The Labute approximate surface area is 99.9 Å². The fourth-order valence-electron chi connectivity index (χ4n) is 2.13. The predicted octanol–water partition coefficient (Wildman–Crippen LogP) is 1.68. The van der Waals surface area contributed by atoms with Crippen molar-refractivity contribution in [3.05, 3.63) is 35.4 Å². The van der Waals surface area contributed by atoms with Gasteiger partial charge in [0.25, 0.3) is 5.91 Å². The van der Waals surface area contributed by atoms with Crippen LogP contribution in [-0.2, 0) is 4.79 Å². The van der Waals surface area contributed by atoms with Crippen molar-refractivity contribution in [1.82, 2.24) is 4.90 Å². The zero-order valence-corrected chi connectivity index (χ0v) is 9.72. The van der Waals surface area contributed by atoms with E-state index in [4.69, 9.17) is 5.11 Å². The van der Waals surface area contributed by atoms with Crippen molar-refractivity contribution in [3.8, 4) is 0 Å². The molecule has 0 aliphatic carbocycles. The van der Waals surface area contributed by atoms with Gasteiger partial charge < -0.3 is 10.0 Å². The first-order chi connectivity index (χ1) is 8.09. The third-order valence-corrected chi connectivity index (χ3v) is 3.10. The van der Waals surface area contributed by atoms with E-state index < -0.39 is 12.0 Å². The number of nitrogens with zero attached hydrogens (tertiary/aromatic N) is 1. The van der Waals surface area contributed by atoms with E-state index in [1.807, 2.05) is 19.1 Å². The van der Waals surface area contributed by atoms with Gasteiger partial charge in [0, 0.05) is 12.1 Å². The Morgan fingerprint density at radius 2 is 1.94 bits per heavy atom. The Hall–Kier alpha value is -1.84. The molecule has 17 heavy (non-hydrogen) atoms. The number of amides is 1. The van der Waals surface area contributed by atoms with Crippen molar-refractivity contribution in [1.29, 1.82) is 0 Å². The first-order valence-corrected chi connectivity index (χ1v) is 5.70. The summed E-state index contributed by atoms with van der Waals surface area (Å²) in [5, 5.41) is 9.03. The van der Waals surface area contributed by atoms with E-state index in [1.54, 1.807) is 12.1 Å². The van der Waals surface area contributed by atoms with Crippen molar-refractivity contribution in [2.75, 3.05) is 6.54 Å². The molecule has 2 rings (SSSR count). The second-order valence-corrected chi connectivity index (χ2v) is 4.36. The standard InChI is InChI=1S/C13H15NO3/c1-9-4-6-10(7-5-9)12(15)14-8-2-3-11(14)13(16)17/h4-7,11H,2-3,8H2,1H3,(H,16,17)/t11-/m0/s1. The maximum absolute atomic E-state index is 12.1. The molecule has 1 aliphatic rings. The summed E-state index contributed by atoms with van der Waals surface area (Å²) in [4.78, 5) is 24.6. The largest absolute Gasteiger partial charge is 0.480 e. The summed E-state index contributed by atoms with van der Waals surface area (Å²) >= 11 is 0. The average Bonchev–Trinajstić information content (AvgIpc) is 2.78. The van der Waals surface area contributed by atoms with Gasteiger partial charge in [0.15, 0.2) is 0 Å². The highest BCUT2D eigenvalue weighted by molar-refractivity contribution is 5.96. The van der Waals surface area contributed by atoms with Gasteiger partial charge >= 0.3 is 5.97 Å². The number of carboxylic acid groups (broad SMARTS) is 1. The summed E-state index contributed by atoms with van der Waals surface area (Å²) in [6.07, 6.45) is 1.31. The van der Waals surface area contributed by atoms with Gasteiger partial charge in [-0.25, -0.2) is 4.79 Å². The van der Waals surface area contributed by atoms with Crippen molar-refractivity contribution in [2.45, 2.75) is 25.8 Å². The molecule has 1 saturated heterocycles. The zero-order valence-electron chi connectivity index (χ0n) is 9.72. The quantitative estimate of drug-likeness (QED) is 0.845. The maximum atomic E-state index is 12.1. The highest BCUT2D eigenvalue weighted by Gasteiger charge is 2.34. The lowest BCUT2D eigenvalue weighted by atomic mass is 10.1. The molecule has 0 unspecified atom stereocenters. The van der Waals surface area contributed by atoms with Gasteiger partial charge in [-0.2, -0.15) is 0 Å². The van der Waals surface area contributed by atoms with E-state index in [1.165, 1.54) is 4.90 Å². The van der Waals surface area contributed by atoms with E-state index in [-0.39, 0.29) is 5.91 Å². The Morgan fingerprint density at radius 3 is 2.53 bits per heavy atom. The fraction of sp³-hybridized carbons (Fsp3) is 0.385. The summed E-state index contributed by atoms with van der Waals surface area (Å²) in [6, 6.07) is 6.55. The molecule has 1 atom stereocenters. The van der Waals surface area contributed by atoms with Crippen LogP contribution in [0.1, 0.15) is 28.8 Å². The number of rotatable bonds is 2. The molecule has 1 N–H and O–H groups in total. The number of carbonyl (C=O) groups excluding carboxylic acids is 1. The van der Waals surface area contributed by atoms with Gasteiger partial charge in [-0.1, -0.05) is 17.7 Å². The number of hydrogen-bond donors (Lipinski definition) is 1. The minimum Gasteiger partial charge on any atom is -0.480 e. The van der Waals surface area contributed by atoms with Crippen LogP contribution in [0.2, 0.25) is 0 Å². The molecule has 1 aliphatic heterocycles. The molecular formula is C13H15NO3. The lowest BCUT2D eigenvalue weighted by Gasteiger charge is -2.21. The molecule has 0 bridgehead atoms. The lowest BCUT2D eigenvalue weighted by Crippen LogP contribution is -2.40. The first kappa shape index (κ1) is 11.6. The summed E-state index contributed by atoms with van der Waals surface area (Å²) in [6.45, 7) is 2.48. The molecule has 0 saturated carbocycles. The molecular weight excluding hydrogens is 218 g/mol. The first-order valence-electron chi connectivity index (χ1n) is 5.70. The molecule has 1 aromatic carbocycles. The van der Waals surface area contributed by atoms with Crippen molar-refractivity contribution >= 4 is 11.9 Å². The van der Waals surface area contributed by atoms with Gasteiger partial charge in [-0.3, -0.25) is 4.79 Å². The average molecular weight is 233 g/mol. The van der Waals surface area contributed by atoms with Crippen LogP contribution < -0.4 is 0 Å². The summed E-state index contributed by atoms with van der Waals surface area (Å²) in [5.74, 6) is -1.10. The minimum atomic E-state index is -0.914. The van der Waals surface area contributed by atoms with Crippen molar-refractivity contribution in [2.24, 2.45) is 0 Å². The number of aryl methyl sites for hydroxylation is 1. The number of carbonyl (C=O) groups is 2. The van der Waals surface area contributed by atoms with Crippen LogP contribution in [0.5, 0.6) is 0 Å². The molecule has 1 heterocycles. The maximum Gasteiger partial charge on any atom is 0.326 e. The molecule has 1 fully saturated rings. The second-order valence-electron chi connectivity index (χ2n) is 4.36. The lowest BCUT2D eigenvalue weighted by molar-refractivity contribution is -0.141. The minimum absolute atomic E-state index is 0.185. The second kappa shape index (κ2) is 4.57. The number of carboxylic acids is 1. The van der Waals surface area contributed by atoms with Gasteiger partial charge in [0.05, 0.1) is 0 Å². The number of aliphatic carboxylic acids is 1. The smallest absolute Gasteiger partial charge is 0.326 e. The van der Waals surface area contributed by atoms with Crippen LogP contribution in [0.3, 0.4) is 0 Å². The summed E-state index contributed by atoms with van der Waals surface area (Å²) in [7, 11) is 0. The number of benzene rings is 1. The van der Waals surface area contributed by atoms with Gasteiger partial charge in [0.1, 0.15) is 6.04 Å². The molecule has 4 nitrogen and oxygen atoms in total. The fourth-order valence-corrected chi connectivity index (χ4v) is 2.13. The third-order valence-electron chi connectivity index (χ3n) is 3.10. The monoisotopic (exact) mass is 233 g/mol. The zero-order chi connectivity index (χ0) is 12.4. The molecule has 0 spiro atoms. The van der Waals surface area contributed by atoms with E-state index in [0.717, 1.165) is 12.0 Å². The van der Waals surface area contributed by atoms with Gasteiger partial charge in [-0.15, -0.1) is 0 Å². The summed E-state index contributed by atoms with van der Waals surface area (Å²) < 4.78 is 0. The highest BCUT2D eigenvalue weighted by Crippen LogP contribution is 2.20. The highest BCUT2D eigenvalue weighted by atomic mass is 16.4. The Kier molecular flexibility index (Phi) is 3.13. The third kappa shape index (κ3) is 2.30. The Morgan fingerprint density at radius 1 is 1.29 bits per heavy atom. The van der Waals surface area contributed by atoms with Gasteiger partial charge in [-0.05, 0) is 31.9 Å².